The van der Waals surface area contributed by atoms with Crippen LogP contribution in [0.2, 0.25) is 0 Å². The number of thiocarbonyl (C=S) groups is 1. The van der Waals surface area contributed by atoms with Gasteiger partial charge in [-0.2, -0.15) is 0 Å². The van der Waals surface area contributed by atoms with Crippen molar-refractivity contribution in [2.24, 2.45) is 0 Å². The van der Waals surface area contributed by atoms with Crippen molar-refractivity contribution < 1.29 is 19.1 Å². The zero-order valence-corrected chi connectivity index (χ0v) is 21.7. The molecule has 3 aromatic carbocycles. The molecule has 1 amide bonds. The molecule has 0 radical (unpaired) electrons. The van der Waals surface area contributed by atoms with Crippen LogP contribution in [0.15, 0.2) is 84.4 Å². The number of esters is 1. The largest absolute Gasteiger partial charge is 0.479 e. The molecule has 0 aromatic heterocycles. The monoisotopic (exact) mass is 515 g/mol. The minimum atomic E-state index is -0.740. The lowest BCUT2D eigenvalue weighted by Gasteiger charge is -2.32. The molecule has 8 heteroatoms. The van der Waals surface area contributed by atoms with Gasteiger partial charge in [0.2, 0.25) is 0 Å². The molecular weight excluding hydrogens is 486 g/mol. The number of aryl methyl sites for hydroxylation is 1. The average Bonchev–Trinajstić information content (AvgIpc) is 2.90. The Balaban J connectivity index is 1.69. The number of nitrogens with one attached hydrogen (secondary N) is 3. The molecule has 0 saturated carbocycles. The second-order valence-corrected chi connectivity index (χ2v) is 9.00. The number of amides is 1. The van der Waals surface area contributed by atoms with Crippen molar-refractivity contribution in [3.05, 3.63) is 101 Å². The molecule has 0 bridgehead atoms. The lowest BCUT2D eigenvalue weighted by Crippen LogP contribution is -2.45. The third-order valence-corrected chi connectivity index (χ3v) is 6.05. The fraction of sp³-hybridized carbons (Fsp3) is 0.207. The van der Waals surface area contributed by atoms with Crippen LogP contribution in [0.4, 0.5) is 5.69 Å². The molecule has 0 saturated heterocycles. The smallest absolute Gasteiger partial charge is 0.347 e. The number of hydrogen-bond acceptors (Lipinski definition) is 5. The SMILES string of the molecule is CCOC(=O)[C@H](C)Oc1ccc([C@@H]2NC(=S)NC(c3ccccc3)=C2C(=O)Nc2ccc(C)cc2)cc1. The lowest BCUT2D eigenvalue weighted by atomic mass is 9.92. The summed E-state index contributed by atoms with van der Waals surface area (Å²) in [6.45, 7) is 5.67. The van der Waals surface area contributed by atoms with Gasteiger partial charge < -0.3 is 25.4 Å². The molecule has 1 heterocycles. The quantitative estimate of drug-likeness (QED) is 0.291. The van der Waals surface area contributed by atoms with Crippen molar-refractivity contribution in [2.75, 3.05) is 11.9 Å². The third kappa shape index (κ3) is 6.34. The molecular formula is C29H29N3O4S. The predicted molar refractivity (Wildman–Crippen MR) is 148 cm³/mol. The Morgan fingerprint density at radius 1 is 1.00 bits per heavy atom. The fourth-order valence-corrected chi connectivity index (χ4v) is 4.20. The van der Waals surface area contributed by atoms with Gasteiger partial charge in [0.15, 0.2) is 11.2 Å². The highest BCUT2D eigenvalue weighted by molar-refractivity contribution is 7.80. The normalized spacial score (nSPS) is 15.8. The zero-order valence-electron chi connectivity index (χ0n) is 20.9. The number of anilines is 1. The highest BCUT2D eigenvalue weighted by Gasteiger charge is 2.32. The Morgan fingerprint density at radius 3 is 2.32 bits per heavy atom. The van der Waals surface area contributed by atoms with Crippen LogP contribution in [0.25, 0.3) is 5.70 Å². The van der Waals surface area contributed by atoms with E-state index in [2.05, 4.69) is 16.0 Å². The first kappa shape index (κ1) is 25.9. The average molecular weight is 516 g/mol. The summed E-state index contributed by atoms with van der Waals surface area (Å²) in [5.74, 6) is -0.173. The Kier molecular flexibility index (Phi) is 8.20. The highest BCUT2D eigenvalue weighted by atomic mass is 32.1. The highest BCUT2D eigenvalue weighted by Crippen LogP contribution is 2.33. The lowest BCUT2D eigenvalue weighted by molar-refractivity contribution is -0.150. The Morgan fingerprint density at radius 2 is 1.68 bits per heavy atom. The minimum Gasteiger partial charge on any atom is -0.479 e. The summed E-state index contributed by atoms with van der Waals surface area (Å²) < 4.78 is 10.7. The molecule has 0 spiro atoms. The van der Waals surface area contributed by atoms with Crippen LogP contribution in [0.5, 0.6) is 5.75 Å². The predicted octanol–water partition coefficient (Wildman–Crippen LogP) is 4.89. The van der Waals surface area contributed by atoms with Crippen molar-refractivity contribution >= 4 is 40.6 Å². The number of hydrogen-bond donors (Lipinski definition) is 3. The van der Waals surface area contributed by atoms with Gasteiger partial charge in [-0.25, -0.2) is 4.79 Å². The van der Waals surface area contributed by atoms with Crippen molar-refractivity contribution in [3.8, 4) is 5.75 Å². The van der Waals surface area contributed by atoms with Crippen molar-refractivity contribution in [1.82, 2.24) is 10.6 Å². The molecule has 0 aliphatic carbocycles. The summed E-state index contributed by atoms with van der Waals surface area (Å²) in [5, 5.41) is 9.85. The van der Waals surface area contributed by atoms with E-state index >= 15 is 0 Å². The van der Waals surface area contributed by atoms with E-state index < -0.39 is 18.1 Å². The maximum atomic E-state index is 13.7. The summed E-state index contributed by atoms with van der Waals surface area (Å²) in [7, 11) is 0. The van der Waals surface area contributed by atoms with Gasteiger partial charge in [-0.05, 0) is 68.4 Å². The number of ether oxygens (including phenoxy) is 2. The molecule has 4 rings (SSSR count). The summed E-state index contributed by atoms with van der Waals surface area (Å²) in [5.41, 5.74) is 4.57. The van der Waals surface area contributed by atoms with Gasteiger partial charge in [-0.1, -0.05) is 60.2 Å². The molecule has 2 atom stereocenters. The van der Waals surface area contributed by atoms with Crippen molar-refractivity contribution in [2.45, 2.75) is 32.9 Å². The maximum absolute atomic E-state index is 13.7. The Labute approximate surface area is 221 Å². The van der Waals surface area contributed by atoms with Crippen LogP contribution in [-0.4, -0.2) is 29.7 Å². The van der Waals surface area contributed by atoms with Crippen molar-refractivity contribution in [3.63, 3.8) is 0 Å². The molecule has 7 nitrogen and oxygen atoms in total. The second-order valence-electron chi connectivity index (χ2n) is 8.59. The van der Waals surface area contributed by atoms with Crippen LogP contribution < -0.4 is 20.7 Å². The summed E-state index contributed by atoms with van der Waals surface area (Å²) in [4.78, 5) is 25.6. The van der Waals surface area contributed by atoms with Crippen LogP contribution >= 0.6 is 12.2 Å². The number of rotatable bonds is 8. The topological polar surface area (TPSA) is 88.7 Å². The van der Waals surface area contributed by atoms with E-state index in [1.807, 2.05) is 73.7 Å². The molecule has 1 aliphatic heterocycles. The zero-order chi connectivity index (χ0) is 26.4. The van der Waals surface area contributed by atoms with Crippen LogP contribution in [0.1, 0.15) is 36.6 Å². The first-order valence-electron chi connectivity index (χ1n) is 12.0. The van der Waals surface area contributed by atoms with E-state index in [0.29, 0.717) is 27.8 Å². The van der Waals surface area contributed by atoms with Gasteiger partial charge in [0.25, 0.3) is 5.91 Å². The van der Waals surface area contributed by atoms with Gasteiger partial charge in [-0.3, -0.25) is 4.79 Å². The number of carbonyl (C=O) groups excluding carboxylic acids is 2. The van der Waals surface area contributed by atoms with E-state index in [1.165, 1.54) is 0 Å². The van der Waals surface area contributed by atoms with Gasteiger partial charge in [0.1, 0.15) is 5.75 Å². The standard InChI is InChI=1S/C29H29N3O4S/c1-4-35-28(34)19(3)36-23-16-12-21(13-17-23)26-24(27(33)30-22-14-10-18(2)11-15-22)25(31-29(37)32-26)20-8-6-5-7-9-20/h5-17,19,26H,4H2,1-3H3,(H,30,33)(H2,31,32,37)/t19-,26-/m0/s1. The van der Waals surface area contributed by atoms with Crippen LogP contribution in [-0.2, 0) is 14.3 Å². The van der Waals surface area contributed by atoms with E-state index in [1.54, 1.807) is 26.0 Å². The fourth-order valence-electron chi connectivity index (χ4n) is 3.98. The molecule has 0 unspecified atom stereocenters. The first-order chi connectivity index (χ1) is 17.9. The molecule has 190 valence electrons. The van der Waals surface area contributed by atoms with Gasteiger partial charge in [-0.15, -0.1) is 0 Å². The van der Waals surface area contributed by atoms with Crippen LogP contribution in [0, 0.1) is 6.92 Å². The first-order valence-corrected chi connectivity index (χ1v) is 12.4. The van der Waals surface area contributed by atoms with Gasteiger partial charge in [0, 0.05) is 5.69 Å². The second kappa shape index (κ2) is 11.7. The molecule has 37 heavy (non-hydrogen) atoms. The maximum Gasteiger partial charge on any atom is 0.347 e. The van der Waals surface area contributed by atoms with Gasteiger partial charge in [0.05, 0.1) is 23.9 Å². The Bertz CT molecular complexity index is 1310. The molecule has 1 aliphatic rings. The third-order valence-electron chi connectivity index (χ3n) is 5.83. The Hall–Kier alpha value is -4.17. The number of carbonyl (C=O) groups is 2. The summed E-state index contributed by atoms with van der Waals surface area (Å²) in [6.07, 6.45) is -0.740. The summed E-state index contributed by atoms with van der Waals surface area (Å²) in [6, 6.07) is 23.9. The number of benzene rings is 3. The summed E-state index contributed by atoms with van der Waals surface area (Å²) >= 11 is 5.52. The molecule has 0 fully saturated rings. The van der Waals surface area contributed by atoms with Gasteiger partial charge >= 0.3 is 5.97 Å². The molecule has 3 N–H and O–H groups in total. The van der Waals surface area contributed by atoms with E-state index in [0.717, 1.165) is 16.7 Å². The van der Waals surface area contributed by atoms with E-state index in [-0.39, 0.29) is 12.5 Å². The minimum absolute atomic E-state index is 0.258. The van der Waals surface area contributed by atoms with E-state index in [9.17, 15) is 9.59 Å². The van der Waals surface area contributed by atoms with Crippen LogP contribution in [0.3, 0.4) is 0 Å². The molecule has 3 aromatic rings. The van der Waals surface area contributed by atoms with E-state index in [4.69, 9.17) is 21.7 Å². The van der Waals surface area contributed by atoms with Crippen molar-refractivity contribution in [1.29, 1.82) is 0 Å².